The average Bonchev–Trinajstić information content (AvgIpc) is 4.00. The highest BCUT2D eigenvalue weighted by Gasteiger charge is 2.64. The second kappa shape index (κ2) is 19.7. The first-order valence-electron chi connectivity index (χ1n) is 21.6. The van der Waals surface area contributed by atoms with Gasteiger partial charge in [0, 0.05) is 34.2 Å². The molecule has 0 amide bonds. The van der Waals surface area contributed by atoms with Gasteiger partial charge in [0.1, 0.15) is 48.1 Å². The highest BCUT2D eigenvalue weighted by Crippen LogP contribution is 2.62. The van der Waals surface area contributed by atoms with Crippen molar-refractivity contribution in [1.82, 2.24) is 0 Å². The van der Waals surface area contributed by atoms with E-state index in [2.05, 4.69) is 0 Å². The molecule has 4 N–H and O–H groups in total. The molecular formula is C44H60O16S. The minimum atomic E-state index is -1.36. The molecule has 0 aromatic rings. The van der Waals surface area contributed by atoms with Gasteiger partial charge in [-0.2, -0.15) is 0 Å². The Morgan fingerprint density at radius 1 is 0.607 bits per heavy atom. The number of hydrogen-bond donors (Lipinski definition) is 4. The van der Waals surface area contributed by atoms with Crippen LogP contribution in [0.2, 0.25) is 0 Å². The molecule has 2 bridgehead atoms. The average molecular weight is 877 g/mol. The Hall–Kier alpha value is -4.41. The molecule has 61 heavy (non-hydrogen) atoms. The summed E-state index contributed by atoms with van der Waals surface area (Å²) in [6, 6.07) is 0. The lowest BCUT2D eigenvalue weighted by Crippen LogP contribution is -2.57. The number of carbonyl (C=O) groups excluding carboxylic acids is 4. The van der Waals surface area contributed by atoms with Gasteiger partial charge in [0.05, 0.1) is 0 Å². The van der Waals surface area contributed by atoms with E-state index in [4.69, 9.17) is 18.9 Å². The van der Waals surface area contributed by atoms with Gasteiger partial charge >= 0.3 is 47.8 Å². The van der Waals surface area contributed by atoms with Gasteiger partial charge in [-0.1, -0.05) is 45.1 Å². The van der Waals surface area contributed by atoms with Crippen LogP contribution in [0.5, 0.6) is 0 Å². The first-order chi connectivity index (χ1) is 28.9. The number of carboxylic acids is 4. The number of ether oxygens (including phenoxy) is 4. The Bertz CT molecular complexity index is 1760. The van der Waals surface area contributed by atoms with Crippen molar-refractivity contribution >= 4 is 59.5 Å². The van der Waals surface area contributed by atoms with E-state index >= 15 is 0 Å². The Labute approximate surface area is 359 Å². The molecule has 5 aliphatic rings. The number of fused-ring (bicyclic) bond motifs is 2. The predicted octanol–water partition coefficient (Wildman–Crippen LogP) is 6.27. The highest BCUT2D eigenvalue weighted by molar-refractivity contribution is 8.01. The molecule has 1 saturated heterocycles. The summed E-state index contributed by atoms with van der Waals surface area (Å²) in [4.78, 5) is 99.3. The van der Waals surface area contributed by atoms with E-state index in [1.807, 2.05) is 45.1 Å². The third kappa shape index (κ3) is 10.6. The number of thioether (sulfide) groups is 1. The zero-order chi connectivity index (χ0) is 44.8. The Kier molecular flexibility index (Phi) is 15.4. The van der Waals surface area contributed by atoms with Gasteiger partial charge in [-0.25, -0.2) is 0 Å². The van der Waals surface area contributed by atoms with Gasteiger partial charge in [0.25, 0.3) is 0 Å². The standard InChI is InChI=1S/C44H60O16S/c1-4-41(5-2,57-35(53)21-31(45)46)39-29-13-14-30(61-29)40(39)42(6-3,58-36(54)22-32(47)48)19-15-26-16-20-44(25-26,60-38(56)24-34(51)52)28-12-8-7-11-27(28)43(17-9-10-18-43)59-37(55)23-33(49)50/h7-8,13-14,26-30,39-40H,4-6,9-12,15-25H2,1-3H3,(H,45,46)(H,47,48)(H,49,50)(H,51,52). The molecule has 9 unspecified atom stereocenters. The van der Waals surface area contributed by atoms with E-state index in [1.165, 1.54) is 0 Å². The van der Waals surface area contributed by atoms with E-state index in [9.17, 15) is 58.8 Å². The molecule has 0 aromatic carbocycles. The number of hydrogen-bond acceptors (Lipinski definition) is 13. The SMILES string of the molecule is CCC(CC)(OC(=O)CC(=O)O)C1C2C=CC(S2)C1C(CC)(CCC1CCC(OC(=O)CC(=O)O)(C2CC=CCC2C2(OC(=O)CC(=O)O)CCCC2)C1)OC(=O)CC(=O)O. The summed E-state index contributed by atoms with van der Waals surface area (Å²) in [6.07, 6.45) is 10.9. The summed E-state index contributed by atoms with van der Waals surface area (Å²) in [5.74, 6) is -10.7. The maximum absolute atomic E-state index is 13.5. The summed E-state index contributed by atoms with van der Waals surface area (Å²) in [5, 5.41) is 37.5. The van der Waals surface area contributed by atoms with Gasteiger partial charge in [-0.3, -0.25) is 38.4 Å². The molecule has 0 aromatic heterocycles. The second-order valence-electron chi connectivity index (χ2n) is 17.5. The fourth-order valence-electron chi connectivity index (χ4n) is 11.7. The number of carbonyl (C=O) groups is 8. The van der Waals surface area contributed by atoms with Gasteiger partial charge in [0.15, 0.2) is 0 Å². The minimum Gasteiger partial charge on any atom is -0.481 e. The van der Waals surface area contributed by atoms with Gasteiger partial charge < -0.3 is 39.4 Å². The minimum absolute atomic E-state index is 0.155. The Balaban J connectivity index is 1.50. The third-order valence-corrected chi connectivity index (χ3v) is 15.7. The van der Waals surface area contributed by atoms with Crippen molar-refractivity contribution in [2.24, 2.45) is 29.6 Å². The molecule has 16 nitrogen and oxygen atoms in total. The molecule has 2 saturated carbocycles. The zero-order valence-electron chi connectivity index (χ0n) is 35.2. The van der Waals surface area contributed by atoms with E-state index in [-0.39, 0.29) is 35.2 Å². The maximum atomic E-state index is 13.5. The lowest BCUT2D eigenvalue weighted by atomic mass is 9.62. The smallest absolute Gasteiger partial charge is 0.317 e. The third-order valence-electron chi connectivity index (χ3n) is 14.2. The Morgan fingerprint density at radius 3 is 1.51 bits per heavy atom. The van der Waals surface area contributed by atoms with E-state index in [0.717, 1.165) is 12.8 Å². The summed E-state index contributed by atoms with van der Waals surface area (Å²) in [6.45, 7) is 5.58. The van der Waals surface area contributed by atoms with Crippen LogP contribution in [0.4, 0.5) is 0 Å². The van der Waals surface area contributed by atoms with Crippen molar-refractivity contribution < 1.29 is 77.7 Å². The van der Waals surface area contributed by atoms with Crippen molar-refractivity contribution in [3.05, 3.63) is 24.3 Å². The molecule has 2 heterocycles. The zero-order valence-corrected chi connectivity index (χ0v) is 36.0. The first-order valence-corrected chi connectivity index (χ1v) is 22.5. The molecule has 3 fully saturated rings. The number of esters is 4. The van der Waals surface area contributed by atoms with Crippen LogP contribution >= 0.6 is 11.8 Å². The van der Waals surface area contributed by atoms with Crippen LogP contribution in [-0.4, -0.2) is 101 Å². The van der Waals surface area contributed by atoms with Crippen LogP contribution in [0.15, 0.2) is 24.3 Å². The van der Waals surface area contributed by atoms with Crippen molar-refractivity contribution in [1.29, 1.82) is 0 Å². The first kappa shape index (κ1) is 47.6. The quantitative estimate of drug-likeness (QED) is 0.0405. The fourth-order valence-corrected chi connectivity index (χ4v) is 13.6. The van der Waals surface area contributed by atoms with Gasteiger partial charge in [-0.05, 0) is 95.8 Å². The van der Waals surface area contributed by atoms with E-state index in [0.29, 0.717) is 64.2 Å². The van der Waals surface area contributed by atoms with Crippen molar-refractivity contribution in [2.45, 2.75) is 169 Å². The molecule has 338 valence electrons. The number of carboxylic acid groups (broad SMARTS) is 4. The van der Waals surface area contributed by atoms with Crippen LogP contribution in [0.25, 0.3) is 0 Å². The van der Waals surface area contributed by atoms with Crippen LogP contribution in [-0.2, 0) is 57.3 Å². The molecular weight excluding hydrogens is 817 g/mol. The monoisotopic (exact) mass is 876 g/mol. The van der Waals surface area contributed by atoms with Crippen molar-refractivity contribution in [3.63, 3.8) is 0 Å². The Morgan fingerprint density at radius 2 is 1.03 bits per heavy atom. The predicted molar refractivity (Wildman–Crippen MR) is 217 cm³/mol. The normalized spacial score (nSPS) is 29.7. The molecule has 0 spiro atoms. The summed E-state index contributed by atoms with van der Waals surface area (Å²) in [7, 11) is 0. The summed E-state index contributed by atoms with van der Waals surface area (Å²) < 4.78 is 24.9. The lowest BCUT2D eigenvalue weighted by molar-refractivity contribution is -0.192. The molecule has 17 heteroatoms. The number of allylic oxidation sites excluding steroid dienone is 2. The molecule has 2 aliphatic heterocycles. The van der Waals surface area contributed by atoms with Crippen LogP contribution in [0.1, 0.15) is 136 Å². The fraction of sp³-hybridized carbons (Fsp3) is 0.727. The highest BCUT2D eigenvalue weighted by atomic mass is 32.2. The molecule has 0 radical (unpaired) electrons. The van der Waals surface area contributed by atoms with Crippen molar-refractivity contribution in [3.8, 4) is 0 Å². The van der Waals surface area contributed by atoms with Crippen LogP contribution < -0.4 is 0 Å². The lowest BCUT2D eigenvalue weighted by Gasteiger charge is -2.50. The van der Waals surface area contributed by atoms with Gasteiger partial charge in [0.2, 0.25) is 0 Å². The summed E-state index contributed by atoms with van der Waals surface area (Å²) in [5.41, 5.74) is -4.59. The molecule has 9 atom stereocenters. The van der Waals surface area contributed by atoms with Gasteiger partial charge in [-0.15, -0.1) is 11.8 Å². The van der Waals surface area contributed by atoms with Crippen molar-refractivity contribution in [2.75, 3.05) is 0 Å². The van der Waals surface area contributed by atoms with Crippen LogP contribution in [0.3, 0.4) is 0 Å². The summed E-state index contributed by atoms with van der Waals surface area (Å²) >= 11 is 1.63. The molecule has 5 rings (SSSR count). The second-order valence-corrected chi connectivity index (χ2v) is 18.9. The van der Waals surface area contributed by atoms with Crippen LogP contribution in [0, 0.1) is 29.6 Å². The number of aliphatic carboxylic acids is 4. The van der Waals surface area contributed by atoms with E-state index in [1.54, 1.807) is 11.8 Å². The van der Waals surface area contributed by atoms with E-state index < -0.39 is 114 Å². The largest absolute Gasteiger partial charge is 0.481 e. The topological polar surface area (TPSA) is 254 Å². The maximum Gasteiger partial charge on any atom is 0.317 e. The number of rotatable bonds is 22. The molecule has 3 aliphatic carbocycles.